The zero-order valence-electron chi connectivity index (χ0n) is 18.6. The highest BCUT2D eigenvalue weighted by Gasteiger charge is 2.41. The first-order valence-electron chi connectivity index (χ1n) is 13.1. The van der Waals surface area contributed by atoms with Gasteiger partial charge in [0.15, 0.2) is 0 Å². The molecule has 0 aromatic rings. The Labute approximate surface area is 182 Å². The van der Waals surface area contributed by atoms with Crippen molar-refractivity contribution < 1.29 is 10.2 Å². The summed E-state index contributed by atoms with van der Waals surface area (Å²) in [6.45, 7) is 0. The Hall–Kier alpha value is -0.740. The molecule has 10 atom stereocenters. The third kappa shape index (κ3) is 4.28. The van der Waals surface area contributed by atoms with Crippen molar-refractivity contribution in [1.82, 2.24) is 0 Å². The molecule has 0 radical (unpaired) electrons. The van der Waals surface area contributed by atoms with Crippen molar-refractivity contribution in [2.24, 2.45) is 45.5 Å². The average molecular weight is 415 g/mol. The maximum atomic E-state index is 10.9. The summed E-state index contributed by atoms with van der Waals surface area (Å²) in [7, 11) is 0. The van der Waals surface area contributed by atoms with Crippen LogP contribution < -0.4 is 0 Å². The molecule has 4 heteroatoms. The molecule has 5 fully saturated rings. The van der Waals surface area contributed by atoms with Gasteiger partial charge in [-0.2, -0.15) is 0 Å². The standard InChI is InChI=1S/C26H42N2O2/c29-25-19(13-11-17-5-3-7-21(17)25)15-27-23-9-1-2-10-24(23)28-16-20-14-12-18-6-4-8-22(18)26(20)30/h15-26,29-30H,1-14H2. The third-order valence-electron chi connectivity index (χ3n) is 9.56. The van der Waals surface area contributed by atoms with Crippen LogP contribution in [0, 0.1) is 35.5 Å². The Kier molecular flexibility index (Phi) is 6.62. The topological polar surface area (TPSA) is 65.2 Å². The van der Waals surface area contributed by atoms with E-state index >= 15 is 0 Å². The minimum absolute atomic E-state index is 0.183. The molecule has 0 saturated heterocycles. The van der Waals surface area contributed by atoms with Crippen LogP contribution in [0.15, 0.2) is 9.98 Å². The number of aliphatic imine (C=N–C) groups is 2. The van der Waals surface area contributed by atoms with Crippen LogP contribution in [0.1, 0.15) is 89.9 Å². The van der Waals surface area contributed by atoms with Crippen molar-refractivity contribution >= 4 is 12.4 Å². The maximum absolute atomic E-state index is 10.9. The Bertz CT molecular complexity index is 581. The van der Waals surface area contributed by atoms with Crippen LogP contribution in [-0.4, -0.2) is 46.9 Å². The number of hydrogen-bond donors (Lipinski definition) is 2. The van der Waals surface area contributed by atoms with Gasteiger partial charge in [-0.15, -0.1) is 0 Å². The molecule has 0 amide bonds. The van der Waals surface area contributed by atoms with Crippen molar-refractivity contribution in [1.29, 1.82) is 0 Å². The summed E-state index contributed by atoms with van der Waals surface area (Å²) < 4.78 is 0. The normalized spacial score (nSPS) is 49.5. The number of hydrogen-bond acceptors (Lipinski definition) is 4. The van der Waals surface area contributed by atoms with Crippen molar-refractivity contribution in [3.8, 4) is 0 Å². The van der Waals surface area contributed by atoms with Crippen molar-refractivity contribution in [3.63, 3.8) is 0 Å². The summed E-state index contributed by atoms with van der Waals surface area (Å²) in [4.78, 5) is 10.1. The number of nitrogens with zero attached hydrogens (tertiary/aromatic N) is 2. The van der Waals surface area contributed by atoms with Gasteiger partial charge in [-0.1, -0.05) is 38.5 Å². The van der Waals surface area contributed by atoms with Crippen LogP contribution >= 0.6 is 0 Å². The summed E-state index contributed by atoms with van der Waals surface area (Å²) in [6.07, 6.45) is 21.0. The van der Waals surface area contributed by atoms with Gasteiger partial charge in [-0.05, 0) is 75.0 Å². The lowest BCUT2D eigenvalue weighted by Gasteiger charge is -2.36. The molecule has 5 saturated carbocycles. The monoisotopic (exact) mass is 414 g/mol. The van der Waals surface area contributed by atoms with Crippen LogP contribution in [0.4, 0.5) is 0 Å². The molecule has 10 unspecified atom stereocenters. The van der Waals surface area contributed by atoms with Gasteiger partial charge in [0.1, 0.15) is 0 Å². The van der Waals surface area contributed by atoms with E-state index in [1.807, 2.05) is 0 Å². The largest absolute Gasteiger partial charge is 0.392 e. The van der Waals surface area contributed by atoms with Crippen molar-refractivity contribution in [2.75, 3.05) is 0 Å². The highest BCUT2D eigenvalue weighted by atomic mass is 16.3. The average Bonchev–Trinajstić information content (AvgIpc) is 3.44. The number of fused-ring (bicyclic) bond motifs is 2. The van der Waals surface area contributed by atoms with E-state index in [1.54, 1.807) is 0 Å². The predicted octanol–water partition coefficient (Wildman–Crippen LogP) is 4.81. The summed E-state index contributed by atoms with van der Waals surface area (Å²) in [5.41, 5.74) is 0. The second-order valence-corrected chi connectivity index (χ2v) is 11.2. The fourth-order valence-corrected chi connectivity index (χ4v) is 7.74. The van der Waals surface area contributed by atoms with Gasteiger partial charge >= 0.3 is 0 Å². The molecule has 0 aliphatic heterocycles. The number of rotatable bonds is 4. The first-order valence-corrected chi connectivity index (χ1v) is 13.1. The molecule has 0 aromatic carbocycles. The number of aliphatic hydroxyl groups is 2. The Morgan fingerprint density at radius 3 is 1.43 bits per heavy atom. The summed E-state index contributed by atoms with van der Waals surface area (Å²) in [5.74, 6) is 3.05. The van der Waals surface area contributed by atoms with Gasteiger partial charge < -0.3 is 10.2 Å². The smallest absolute Gasteiger partial charge is 0.0719 e. The maximum Gasteiger partial charge on any atom is 0.0719 e. The fraction of sp³-hybridized carbons (Fsp3) is 0.923. The Morgan fingerprint density at radius 1 is 0.500 bits per heavy atom. The molecule has 5 rings (SSSR count). The molecule has 0 aromatic heterocycles. The molecule has 0 bridgehead atoms. The van der Waals surface area contributed by atoms with Gasteiger partial charge in [0.05, 0.1) is 24.3 Å². The fourth-order valence-electron chi connectivity index (χ4n) is 7.74. The van der Waals surface area contributed by atoms with E-state index in [-0.39, 0.29) is 36.1 Å². The molecular formula is C26H42N2O2. The van der Waals surface area contributed by atoms with E-state index in [0.29, 0.717) is 11.8 Å². The molecule has 0 spiro atoms. The minimum Gasteiger partial charge on any atom is -0.392 e. The summed E-state index contributed by atoms with van der Waals surface area (Å²) in [6, 6.07) is 0.534. The highest BCUT2D eigenvalue weighted by Crippen LogP contribution is 2.45. The van der Waals surface area contributed by atoms with Crippen LogP contribution in [0.2, 0.25) is 0 Å². The Balaban J connectivity index is 1.20. The quantitative estimate of drug-likeness (QED) is 0.648. The third-order valence-corrected chi connectivity index (χ3v) is 9.56. The van der Waals surface area contributed by atoms with Gasteiger partial charge in [-0.3, -0.25) is 9.98 Å². The van der Waals surface area contributed by atoms with E-state index in [0.717, 1.165) is 37.5 Å². The van der Waals surface area contributed by atoms with Gasteiger partial charge in [0.2, 0.25) is 0 Å². The number of aliphatic hydroxyl groups excluding tert-OH is 2. The van der Waals surface area contributed by atoms with Crippen molar-refractivity contribution in [2.45, 2.75) is 114 Å². The van der Waals surface area contributed by atoms with Crippen LogP contribution in [-0.2, 0) is 0 Å². The SMILES string of the molecule is OC1C(C=NC2CCCCC2N=CC2CCC3CCCC3C2O)CCC2CCCC21. The van der Waals surface area contributed by atoms with Gasteiger partial charge in [0.25, 0.3) is 0 Å². The molecule has 30 heavy (non-hydrogen) atoms. The molecule has 168 valence electrons. The lowest BCUT2D eigenvalue weighted by Crippen LogP contribution is -2.38. The lowest BCUT2D eigenvalue weighted by atomic mass is 9.74. The van der Waals surface area contributed by atoms with E-state index in [2.05, 4.69) is 12.4 Å². The molecule has 0 heterocycles. The van der Waals surface area contributed by atoms with Crippen molar-refractivity contribution in [3.05, 3.63) is 0 Å². The van der Waals surface area contributed by atoms with E-state index in [4.69, 9.17) is 9.98 Å². The first-order chi connectivity index (χ1) is 14.7. The minimum atomic E-state index is -0.183. The van der Waals surface area contributed by atoms with E-state index in [1.165, 1.54) is 64.2 Å². The molecule has 4 nitrogen and oxygen atoms in total. The van der Waals surface area contributed by atoms with E-state index < -0.39 is 0 Å². The summed E-state index contributed by atoms with van der Waals surface area (Å²) in [5, 5.41) is 21.7. The van der Waals surface area contributed by atoms with Crippen LogP contribution in [0.25, 0.3) is 0 Å². The molecule has 5 aliphatic rings. The summed E-state index contributed by atoms with van der Waals surface area (Å²) >= 11 is 0. The zero-order valence-corrected chi connectivity index (χ0v) is 18.6. The van der Waals surface area contributed by atoms with Gasteiger partial charge in [-0.25, -0.2) is 0 Å². The highest BCUT2D eigenvalue weighted by molar-refractivity contribution is 5.63. The van der Waals surface area contributed by atoms with Crippen LogP contribution in [0.3, 0.4) is 0 Å². The second kappa shape index (κ2) is 9.40. The zero-order chi connectivity index (χ0) is 20.5. The molecule has 2 N–H and O–H groups in total. The Morgan fingerprint density at radius 2 is 0.967 bits per heavy atom. The predicted molar refractivity (Wildman–Crippen MR) is 122 cm³/mol. The molecule has 5 aliphatic carbocycles. The van der Waals surface area contributed by atoms with Crippen LogP contribution in [0.5, 0.6) is 0 Å². The second-order valence-electron chi connectivity index (χ2n) is 11.2. The van der Waals surface area contributed by atoms with E-state index in [9.17, 15) is 10.2 Å². The molecular weight excluding hydrogens is 372 g/mol. The van der Waals surface area contributed by atoms with Gasteiger partial charge in [0, 0.05) is 24.3 Å². The lowest BCUT2D eigenvalue weighted by molar-refractivity contribution is 0.0242. The first kappa shape index (κ1) is 21.1.